The number of amides is 2. The van der Waals surface area contributed by atoms with Crippen molar-refractivity contribution in [1.82, 2.24) is 15.1 Å². The molecule has 0 aromatic carbocycles. The van der Waals surface area contributed by atoms with E-state index in [9.17, 15) is 4.79 Å². The third-order valence-electron chi connectivity index (χ3n) is 2.85. The van der Waals surface area contributed by atoms with Crippen molar-refractivity contribution in [3.05, 3.63) is 11.6 Å². The van der Waals surface area contributed by atoms with Crippen molar-refractivity contribution in [1.29, 1.82) is 0 Å². The average Bonchev–Trinajstić information content (AvgIpc) is 2.56. The van der Waals surface area contributed by atoms with Crippen LogP contribution in [-0.4, -0.2) is 55.6 Å². The summed E-state index contributed by atoms with van der Waals surface area (Å²) in [6.07, 6.45) is 3.34. The van der Waals surface area contributed by atoms with E-state index in [1.54, 1.807) is 0 Å². The van der Waals surface area contributed by atoms with E-state index in [0.717, 1.165) is 39.1 Å². The summed E-state index contributed by atoms with van der Waals surface area (Å²) in [4.78, 5) is 15.5. The number of urea groups is 1. The van der Waals surface area contributed by atoms with Crippen molar-refractivity contribution in [2.45, 2.75) is 6.42 Å². The van der Waals surface area contributed by atoms with Gasteiger partial charge >= 0.3 is 6.03 Å². The molecule has 78 valence electrons. The van der Waals surface area contributed by atoms with Gasteiger partial charge in [0.25, 0.3) is 0 Å². The monoisotopic (exact) mass is 195 g/mol. The van der Waals surface area contributed by atoms with Gasteiger partial charge in [-0.25, -0.2) is 4.79 Å². The number of hydrogen-bond donors (Lipinski definition) is 1. The molecule has 0 aliphatic carbocycles. The van der Waals surface area contributed by atoms with Crippen LogP contribution in [-0.2, 0) is 0 Å². The number of nitrogens with zero attached hydrogens (tertiary/aromatic N) is 2. The second-order valence-corrected chi connectivity index (χ2v) is 4.03. The molecule has 2 aliphatic rings. The normalized spacial score (nSPS) is 23.6. The molecule has 4 heteroatoms. The van der Waals surface area contributed by atoms with E-state index in [0.29, 0.717) is 0 Å². The third kappa shape index (κ3) is 2.07. The molecule has 0 radical (unpaired) electrons. The molecule has 0 unspecified atom stereocenters. The molecule has 0 saturated carbocycles. The molecule has 1 saturated heterocycles. The van der Waals surface area contributed by atoms with Crippen molar-refractivity contribution in [2.75, 3.05) is 39.8 Å². The molecule has 2 rings (SSSR count). The summed E-state index contributed by atoms with van der Waals surface area (Å²) < 4.78 is 0. The zero-order valence-corrected chi connectivity index (χ0v) is 8.62. The average molecular weight is 195 g/mol. The molecular weight excluding hydrogens is 178 g/mol. The van der Waals surface area contributed by atoms with Gasteiger partial charge in [0.05, 0.1) is 0 Å². The van der Waals surface area contributed by atoms with Gasteiger partial charge in [-0.05, 0) is 13.5 Å². The van der Waals surface area contributed by atoms with Crippen LogP contribution in [0.5, 0.6) is 0 Å². The predicted molar refractivity (Wildman–Crippen MR) is 55.2 cm³/mol. The van der Waals surface area contributed by atoms with Gasteiger partial charge < -0.3 is 15.1 Å². The Kier molecular flexibility index (Phi) is 2.72. The minimum absolute atomic E-state index is 0.0878. The first-order valence-corrected chi connectivity index (χ1v) is 5.15. The van der Waals surface area contributed by atoms with Gasteiger partial charge in [0.2, 0.25) is 0 Å². The summed E-state index contributed by atoms with van der Waals surface area (Å²) in [5.74, 6) is 0. The number of likely N-dealkylation sites (N-methyl/N-ethyl adjacent to an activating group) is 1. The molecule has 2 amide bonds. The van der Waals surface area contributed by atoms with Crippen LogP contribution in [0.3, 0.4) is 0 Å². The first-order valence-electron chi connectivity index (χ1n) is 5.15. The van der Waals surface area contributed by atoms with Gasteiger partial charge in [-0.15, -0.1) is 0 Å². The smallest absolute Gasteiger partial charge is 0.317 e. The lowest BCUT2D eigenvalue weighted by atomic mass is 10.1. The molecule has 1 fully saturated rings. The lowest BCUT2D eigenvalue weighted by Gasteiger charge is -2.24. The number of carbonyl (C=O) groups excluding carboxylic acids is 1. The summed E-state index contributed by atoms with van der Waals surface area (Å²) in [7, 11) is 2.12. The van der Waals surface area contributed by atoms with Crippen LogP contribution in [0, 0.1) is 0 Å². The summed E-state index contributed by atoms with van der Waals surface area (Å²) in [5, 5.41) is 2.82. The van der Waals surface area contributed by atoms with Gasteiger partial charge in [-0.2, -0.15) is 0 Å². The maximum atomic E-state index is 11.3. The topological polar surface area (TPSA) is 35.6 Å². The van der Waals surface area contributed by atoms with Gasteiger partial charge in [-0.3, -0.25) is 0 Å². The van der Waals surface area contributed by atoms with Crippen LogP contribution >= 0.6 is 0 Å². The lowest BCUT2D eigenvalue weighted by Crippen LogP contribution is -2.33. The van der Waals surface area contributed by atoms with Crippen LogP contribution in [0.25, 0.3) is 0 Å². The van der Waals surface area contributed by atoms with Crippen LogP contribution in [0.2, 0.25) is 0 Å². The molecule has 14 heavy (non-hydrogen) atoms. The predicted octanol–water partition coefficient (Wildman–Crippen LogP) is 0.273. The summed E-state index contributed by atoms with van der Waals surface area (Å²) in [6, 6.07) is 0.0878. The third-order valence-corrected chi connectivity index (χ3v) is 2.85. The van der Waals surface area contributed by atoms with E-state index < -0.39 is 0 Å². The largest absolute Gasteiger partial charge is 0.336 e. The SMILES string of the molecule is CN1CC=C(CN2CCNC2=O)CC1. The standard InChI is InChI=1S/C10H17N3O/c1-12-5-2-9(3-6-12)8-13-7-4-11-10(13)14/h2H,3-8H2,1H3,(H,11,14). The number of rotatable bonds is 2. The van der Waals surface area contributed by atoms with Crippen LogP contribution in [0.1, 0.15) is 6.42 Å². The fourth-order valence-electron chi connectivity index (χ4n) is 1.86. The molecule has 0 aromatic rings. The summed E-state index contributed by atoms with van der Waals surface area (Å²) in [6.45, 7) is 4.60. The molecule has 0 atom stereocenters. The van der Waals surface area contributed by atoms with Crippen molar-refractivity contribution >= 4 is 6.03 Å². The van der Waals surface area contributed by atoms with Crippen molar-refractivity contribution < 1.29 is 4.79 Å². The van der Waals surface area contributed by atoms with Crippen molar-refractivity contribution in [3.8, 4) is 0 Å². The highest BCUT2D eigenvalue weighted by molar-refractivity contribution is 5.76. The summed E-state index contributed by atoms with van der Waals surface area (Å²) >= 11 is 0. The molecule has 2 heterocycles. The Morgan fingerprint density at radius 2 is 2.36 bits per heavy atom. The minimum Gasteiger partial charge on any atom is -0.336 e. The van der Waals surface area contributed by atoms with E-state index in [2.05, 4.69) is 23.3 Å². The van der Waals surface area contributed by atoms with Gasteiger partial charge in [-0.1, -0.05) is 11.6 Å². The highest BCUT2D eigenvalue weighted by atomic mass is 16.2. The van der Waals surface area contributed by atoms with Crippen LogP contribution in [0.15, 0.2) is 11.6 Å². The van der Waals surface area contributed by atoms with Gasteiger partial charge in [0, 0.05) is 32.7 Å². The van der Waals surface area contributed by atoms with E-state index in [-0.39, 0.29) is 6.03 Å². The highest BCUT2D eigenvalue weighted by Crippen LogP contribution is 2.12. The Morgan fingerprint density at radius 1 is 1.50 bits per heavy atom. The van der Waals surface area contributed by atoms with Gasteiger partial charge in [0.15, 0.2) is 0 Å². The molecule has 1 N–H and O–H groups in total. The molecular formula is C10H17N3O. The van der Waals surface area contributed by atoms with Crippen LogP contribution < -0.4 is 5.32 Å². The number of nitrogens with one attached hydrogen (secondary N) is 1. The lowest BCUT2D eigenvalue weighted by molar-refractivity contribution is 0.219. The zero-order chi connectivity index (χ0) is 9.97. The van der Waals surface area contributed by atoms with E-state index in [1.807, 2.05) is 4.90 Å². The molecule has 2 aliphatic heterocycles. The first-order chi connectivity index (χ1) is 6.75. The Labute approximate surface area is 84.6 Å². The summed E-state index contributed by atoms with van der Waals surface area (Å²) in [5.41, 5.74) is 1.40. The minimum atomic E-state index is 0.0878. The molecule has 0 bridgehead atoms. The zero-order valence-electron chi connectivity index (χ0n) is 8.62. The molecule has 4 nitrogen and oxygen atoms in total. The number of carbonyl (C=O) groups is 1. The van der Waals surface area contributed by atoms with E-state index in [1.165, 1.54) is 5.57 Å². The Morgan fingerprint density at radius 3 is 2.93 bits per heavy atom. The fraction of sp³-hybridized carbons (Fsp3) is 0.700. The van der Waals surface area contributed by atoms with Crippen LogP contribution in [0.4, 0.5) is 4.79 Å². The Hall–Kier alpha value is -1.03. The first kappa shape index (κ1) is 9.52. The molecule has 0 aromatic heterocycles. The van der Waals surface area contributed by atoms with Crippen molar-refractivity contribution in [3.63, 3.8) is 0 Å². The maximum absolute atomic E-state index is 11.3. The van der Waals surface area contributed by atoms with E-state index in [4.69, 9.17) is 0 Å². The Bertz CT molecular complexity index is 262. The number of hydrogen-bond acceptors (Lipinski definition) is 2. The second-order valence-electron chi connectivity index (χ2n) is 4.03. The van der Waals surface area contributed by atoms with E-state index >= 15 is 0 Å². The highest BCUT2D eigenvalue weighted by Gasteiger charge is 2.20. The fourth-order valence-corrected chi connectivity index (χ4v) is 1.86. The Balaban J connectivity index is 1.88. The van der Waals surface area contributed by atoms with Crippen molar-refractivity contribution in [2.24, 2.45) is 0 Å². The molecule has 0 spiro atoms. The second kappa shape index (κ2) is 4.00. The maximum Gasteiger partial charge on any atom is 0.317 e. The quantitative estimate of drug-likeness (QED) is 0.642. The van der Waals surface area contributed by atoms with Gasteiger partial charge in [0.1, 0.15) is 0 Å².